The molecule has 0 aromatic heterocycles. The molecule has 2 fully saturated rings. The number of carbonyl (C=O) groups is 2. The predicted octanol–water partition coefficient (Wildman–Crippen LogP) is 1.73. The number of carboxylic acids is 1. The highest BCUT2D eigenvalue weighted by atomic mass is 16.4. The Balaban J connectivity index is 2.07. The molecule has 2 atom stereocenters. The first-order valence-corrected chi connectivity index (χ1v) is 8.01. The first-order valence-electron chi connectivity index (χ1n) is 8.01. The fourth-order valence-electron chi connectivity index (χ4n) is 3.55. The van der Waals surface area contributed by atoms with Crippen molar-refractivity contribution in [3.8, 4) is 0 Å². The third kappa shape index (κ3) is 3.23. The molecule has 2 aliphatic rings. The van der Waals surface area contributed by atoms with Crippen LogP contribution >= 0.6 is 0 Å². The van der Waals surface area contributed by atoms with Crippen LogP contribution in [0.15, 0.2) is 0 Å². The Morgan fingerprint density at radius 2 is 2.05 bits per heavy atom. The molecular formula is C16H28N2O3. The third-order valence-electron chi connectivity index (χ3n) is 5.39. The third-order valence-corrected chi connectivity index (χ3v) is 5.39. The van der Waals surface area contributed by atoms with Crippen LogP contribution in [0.4, 0.5) is 0 Å². The minimum absolute atomic E-state index is 0.0350. The fourth-order valence-corrected chi connectivity index (χ4v) is 3.55. The van der Waals surface area contributed by atoms with Gasteiger partial charge >= 0.3 is 5.97 Å². The summed E-state index contributed by atoms with van der Waals surface area (Å²) >= 11 is 0. The van der Waals surface area contributed by atoms with Crippen molar-refractivity contribution in [1.29, 1.82) is 0 Å². The molecule has 0 aromatic carbocycles. The van der Waals surface area contributed by atoms with Crippen LogP contribution in [0, 0.1) is 16.7 Å². The number of likely N-dealkylation sites (tertiary alicyclic amines) is 1. The van der Waals surface area contributed by atoms with Gasteiger partial charge in [0.15, 0.2) is 0 Å². The second-order valence-electron chi connectivity index (χ2n) is 7.46. The van der Waals surface area contributed by atoms with E-state index < -0.39 is 11.4 Å². The van der Waals surface area contributed by atoms with Gasteiger partial charge in [-0.25, -0.2) is 0 Å². The Morgan fingerprint density at radius 1 is 1.33 bits per heavy atom. The van der Waals surface area contributed by atoms with Crippen molar-refractivity contribution >= 4 is 11.9 Å². The molecule has 2 unspecified atom stereocenters. The van der Waals surface area contributed by atoms with Gasteiger partial charge in [-0.3, -0.25) is 9.59 Å². The Labute approximate surface area is 127 Å². The summed E-state index contributed by atoms with van der Waals surface area (Å²) in [5.41, 5.74) is -1.10. The molecule has 0 aromatic rings. The lowest BCUT2D eigenvalue weighted by Gasteiger charge is -2.43. The Hall–Kier alpha value is -1.10. The number of rotatable bonds is 3. The molecule has 0 aliphatic carbocycles. The number of amides is 1. The van der Waals surface area contributed by atoms with Crippen molar-refractivity contribution in [2.75, 3.05) is 26.2 Å². The van der Waals surface area contributed by atoms with Crippen LogP contribution in [0.5, 0.6) is 0 Å². The molecule has 5 heteroatoms. The number of carboxylic acid groups (broad SMARTS) is 1. The van der Waals surface area contributed by atoms with E-state index in [4.69, 9.17) is 0 Å². The quantitative estimate of drug-likeness (QED) is 0.832. The van der Waals surface area contributed by atoms with Gasteiger partial charge < -0.3 is 15.3 Å². The minimum Gasteiger partial charge on any atom is -0.481 e. The lowest BCUT2D eigenvalue weighted by Crippen LogP contribution is -2.54. The maximum Gasteiger partial charge on any atom is 0.309 e. The average molecular weight is 296 g/mol. The maximum atomic E-state index is 12.9. The van der Waals surface area contributed by atoms with Crippen LogP contribution < -0.4 is 5.32 Å². The molecule has 2 heterocycles. The molecule has 0 radical (unpaired) electrons. The topological polar surface area (TPSA) is 69.6 Å². The van der Waals surface area contributed by atoms with E-state index in [9.17, 15) is 14.7 Å². The minimum atomic E-state index is -0.773. The molecule has 2 saturated heterocycles. The normalized spacial score (nSPS) is 31.0. The number of nitrogens with zero attached hydrogens (tertiary/aromatic N) is 1. The van der Waals surface area contributed by atoms with Gasteiger partial charge in [0.25, 0.3) is 0 Å². The zero-order chi connectivity index (χ0) is 15.7. The largest absolute Gasteiger partial charge is 0.481 e. The maximum absolute atomic E-state index is 12.9. The number of aliphatic carboxylic acids is 1. The van der Waals surface area contributed by atoms with Crippen molar-refractivity contribution in [1.82, 2.24) is 10.2 Å². The monoisotopic (exact) mass is 296 g/mol. The van der Waals surface area contributed by atoms with E-state index in [2.05, 4.69) is 5.32 Å². The number of nitrogens with one attached hydrogen (secondary N) is 1. The van der Waals surface area contributed by atoms with E-state index >= 15 is 0 Å². The van der Waals surface area contributed by atoms with Crippen molar-refractivity contribution in [3.05, 3.63) is 0 Å². The molecule has 0 saturated carbocycles. The summed E-state index contributed by atoms with van der Waals surface area (Å²) in [6.07, 6.45) is 3.73. The van der Waals surface area contributed by atoms with Gasteiger partial charge in [0, 0.05) is 19.6 Å². The van der Waals surface area contributed by atoms with Gasteiger partial charge in [0.05, 0.1) is 10.8 Å². The van der Waals surface area contributed by atoms with Crippen LogP contribution in [0.2, 0.25) is 0 Å². The second-order valence-corrected chi connectivity index (χ2v) is 7.46. The fraction of sp³-hybridized carbons (Fsp3) is 0.875. The highest BCUT2D eigenvalue weighted by molar-refractivity contribution is 5.83. The highest BCUT2D eigenvalue weighted by Crippen LogP contribution is 2.36. The van der Waals surface area contributed by atoms with Crippen molar-refractivity contribution in [3.63, 3.8) is 0 Å². The summed E-state index contributed by atoms with van der Waals surface area (Å²) in [6, 6.07) is 0. The van der Waals surface area contributed by atoms with Gasteiger partial charge in [0.1, 0.15) is 0 Å². The molecule has 1 amide bonds. The number of hydrogen-bond donors (Lipinski definition) is 2. The van der Waals surface area contributed by atoms with E-state index in [-0.39, 0.29) is 17.2 Å². The summed E-state index contributed by atoms with van der Waals surface area (Å²) in [5.74, 6) is -0.541. The first-order chi connectivity index (χ1) is 9.77. The van der Waals surface area contributed by atoms with E-state index in [1.807, 2.05) is 11.8 Å². The van der Waals surface area contributed by atoms with Crippen LogP contribution in [0.25, 0.3) is 0 Å². The summed E-state index contributed by atoms with van der Waals surface area (Å²) in [4.78, 5) is 26.2. The van der Waals surface area contributed by atoms with Gasteiger partial charge in [-0.15, -0.1) is 0 Å². The van der Waals surface area contributed by atoms with E-state index in [1.165, 1.54) is 0 Å². The SMILES string of the molecule is CC1(C(=O)N2CCCC(C(C)(C)C(=O)O)C2)CCCNC1. The Morgan fingerprint density at radius 3 is 2.62 bits per heavy atom. The number of piperidine rings is 2. The average Bonchev–Trinajstić information content (AvgIpc) is 2.47. The molecule has 0 spiro atoms. The summed E-state index contributed by atoms with van der Waals surface area (Å²) in [7, 11) is 0. The van der Waals surface area contributed by atoms with Crippen molar-refractivity contribution in [2.24, 2.45) is 16.7 Å². The van der Waals surface area contributed by atoms with Gasteiger partial charge in [-0.1, -0.05) is 0 Å². The van der Waals surface area contributed by atoms with Gasteiger partial charge in [0.2, 0.25) is 5.91 Å². The van der Waals surface area contributed by atoms with E-state index in [0.717, 1.165) is 45.3 Å². The second kappa shape index (κ2) is 5.95. The van der Waals surface area contributed by atoms with E-state index in [0.29, 0.717) is 6.54 Å². The molecule has 2 rings (SSSR count). The van der Waals surface area contributed by atoms with E-state index in [1.54, 1.807) is 13.8 Å². The molecule has 0 bridgehead atoms. The molecule has 2 aliphatic heterocycles. The van der Waals surface area contributed by atoms with Crippen LogP contribution in [0.1, 0.15) is 46.5 Å². The smallest absolute Gasteiger partial charge is 0.309 e. The molecule has 21 heavy (non-hydrogen) atoms. The molecular weight excluding hydrogens is 268 g/mol. The number of hydrogen-bond acceptors (Lipinski definition) is 3. The summed E-state index contributed by atoms with van der Waals surface area (Å²) in [6.45, 7) is 8.64. The molecule has 120 valence electrons. The lowest BCUT2D eigenvalue weighted by atomic mass is 9.73. The van der Waals surface area contributed by atoms with Crippen molar-refractivity contribution < 1.29 is 14.7 Å². The Bertz CT molecular complexity index is 414. The standard InChI is InChI=1S/C16H28N2O3/c1-15(2,14(20)21)12-6-4-9-18(10-12)13(19)16(3)7-5-8-17-11-16/h12,17H,4-11H2,1-3H3,(H,20,21). The first kappa shape index (κ1) is 16.3. The lowest BCUT2D eigenvalue weighted by molar-refractivity contribution is -0.155. The van der Waals surface area contributed by atoms with Crippen LogP contribution in [-0.4, -0.2) is 48.1 Å². The number of carbonyl (C=O) groups excluding carboxylic acids is 1. The molecule has 5 nitrogen and oxygen atoms in total. The zero-order valence-electron chi connectivity index (χ0n) is 13.4. The van der Waals surface area contributed by atoms with Gasteiger partial charge in [-0.05, 0) is 58.9 Å². The summed E-state index contributed by atoms with van der Waals surface area (Å²) < 4.78 is 0. The van der Waals surface area contributed by atoms with Crippen LogP contribution in [-0.2, 0) is 9.59 Å². The van der Waals surface area contributed by atoms with Crippen molar-refractivity contribution in [2.45, 2.75) is 46.5 Å². The zero-order valence-corrected chi connectivity index (χ0v) is 13.4. The Kier molecular flexibility index (Phi) is 4.61. The van der Waals surface area contributed by atoms with Crippen LogP contribution in [0.3, 0.4) is 0 Å². The summed E-state index contributed by atoms with van der Waals surface area (Å²) in [5, 5.41) is 12.7. The highest BCUT2D eigenvalue weighted by Gasteiger charge is 2.43. The predicted molar refractivity (Wildman–Crippen MR) is 80.9 cm³/mol. The molecule has 2 N–H and O–H groups in total. The van der Waals surface area contributed by atoms with Gasteiger partial charge in [-0.2, -0.15) is 0 Å².